The van der Waals surface area contributed by atoms with Gasteiger partial charge in [0.1, 0.15) is 5.75 Å². The first-order chi connectivity index (χ1) is 7.72. The van der Waals surface area contributed by atoms with E-state index in [0.29, 0.717) is 12.6 Å². The second kappa shape index (κ2) is 4.74. The molecule has 1 unspecified atom stereocenters. The topological polar surface area (TPSA) is 38.5 Å². The first kappa shape index (κ1) is 11.3. The molecule has 1 aliphatic rings. The number of anilines is 1. The second-order valence-corrected chi connectivity index (χ2v) is 4.44. The number of nitrogens with zero attached hydrogens (tertiary/aromatic N) is 1. The Kier molecular flexibility index (Phi) is 3.34. The van der Waals surface area contributed by atoms with Gasteiger partial charge in [0.2, 0.25) is 0 Å². The molecule has 0 fully saturated rings. The average molecular weight is 220 g/mol. The maximum absolute atomic E-state index is 5.68. The number of fused-ring (bicyclic) bond motifs is 1. The number of hydrogen-bond donors (Lipinski definition) is 1. The number of aryl methyl sites for hydroxylation is 1. The zero-order chi connectivity index (χ0) is 11.5. The van der Waals surface area contributed by atoms with Crippen LogP contribution in [-0.4, -0.2) is 26.2 Å². The van der Waals surface area contributed by atoms with Gasteiger partial charge in [-0.1, -0.05) is 0 Å². The summed E-state index contributed by atoms with van der Waals surface area (Å²) in [5.74, 6) is 1.05. The highest BCUT2D eigenvalue weighted by Crippen LogP contribution is 2.29. The van der Waals surface area contributed by atoms with Gasteiger partial charge in [0.25, 0.3) is 0 Å². The standard InChI is InChI=1S/C13H20N2O/c1-10(9-14)15(2)12-5-6-13-11(8-12)4-3-7-16-13/h5-6,8,10H,3-4,7,9,14H2,1-2H3. The molecule has 3 nitrogen and oxygen atoms in total. The molecule has 0 saturated carbocycles. The predicted octanol–water partition coefficient (Wildman–Crippen LogP) is 1.79. The second-order valence-electron chi connectivity index (χ2n) is 4.44. The minimum Gasteiger partial charge on any atom is -0.493 e. The van der Waals surface area contributed by atoms with Gasteiger partial charge in [0, 0.05) is 25.3 Å². The van der Waals surface area contributed by atoms with Crippen molar-refractivity contribution >= 4 is 5.69 Å². The highest BCUT2D eigenvalue weighted by molar-refractivity contribution is 5.53. The molecule has 1 atom stereocenters. The molecular weight excluding hydrogens is 200 g/mol. The van der Waals surface area contributed by atoms with Crippen LogP contribution in [-0.2, 0) is 6.42 Å². The number of ether oxygens (including phenoxy) is 1. The molecule has 0 aromatic heterocycles. The Balaban J connectivity index is 2.22. The largest absolute Gasteiger partial charge is 0.493 e. The summed E-state index contributed by atoms with van der Waals surface area (Å²) in [5, 5.41) is 0. The summed E-state index contributed by atoms with van der Waals surface area (Å²) >= 11 is 0. The van der Waals surface area contributed by atoms with E-state index in [0.717, 1.165) is 25.2 Å². The third-order valence-corrected chi connectivity index (χ3v) is 3.30. The molecule has 0 radical (unpaired) electrons. The molecule has 2 rings (SSSR count). The van der Waals surface area contributed by atoms with Crippen LogP contribution in [0.3, 0.4) is 0 Å². The molecule has 0 amide bonds. The van der Waals surface area contributed by atoms with Crippen LogP contribution in [0.1, 0.15) is 18.9 Å². The van der Waals surface area contributed by atoms with Crippen LogP contribution >= 0.6 is 0 Å². The van der Waals surface area contributed by atoms with E-state index in [4.69, 9.17) is 10.5 Å². The van der Waals surface area contributed by atoms with Gasteiger partial charge in [-0.3, -0.25) is 0 Å². The van der Waals surface area contributed by atoms with E-state index in [1.54, 1.807) is 0 Å². The number of hydrogen-bond acceptors (Lipinski definition) is 3. The fraction of sp³-hybridized carbons (Fsp3) is 0.538. The van der Waals surface area contributed by atoms with Crippen LogP contribution in [0, 0.1) is 0 Å². The Labute approximate surface area is 97.2 Å². The number of likely N-dealkylation sites (N-methyl/N-ethyl adjacent to an activating group) is 1. The van der Waals surface area contributed by atoms with Crippen LogP contribution < -0.4 is 15.4 Å². The predicted molar refractivity (Wildman–Crippen MR) is 67.2 cm³/mol. The lowest BCUT2D eigenvalue weighted by Crippen LogP contribution is -2.35. The lowest BCUT2D eigenvalue weighted by atomic mass is 10.0. The summed E-state index contributed by atoms with van der Waals surface area (Å²) in [6.07, 6.45) is 2.24. The molecule has 1 aromatic rings. The van der Waals surface area contributed by atoms with Crippen LogP contribution in [0.25, 0.3) is 0 Å². The van der Waals surface area contributed by atoms with Gasteiger partial charge in [-0.05, 0) is 43.5 Å². The molecule has 16 heavy (non-hydrogen) atoms. The van der Waals surface area contributed by atoms with E-state index < -0.39 is 0 Å². The summed E-state index contributed by atoms with van der Waals surface area (Å²) in [6, 6.07) is 6.77. The van der Waals surface area contributed by atoms with Gasteiger partial charge in [-0.25, -0.2) is 0 Å². The Morgan fingerprint density at radius 3 is 3.06 bits per heavy atom. The minimum absolute atomic E-state index is 0.363. The van der Waals surface area contributed by atoms with Crippen LogP contribution in [0.4, 0.5) is 5.69 Å². The smallest absolute Gasteiger partial charge is 0.122 e. The summed E-state index contributed by atoms with van der Waals surface area (Å²) in [7, 11) is 2.09. The lowest BCUT2D eigenvalue weighted by Gasteiger charge is -2.27. The lowest BCUT2D eigenvalue weighted by molar-refractivity contribution is 0.288. The maximum Gasteiger partial charge on any atom is 0.122 e. The first-order valence-electron chi connectivity index (χ1n) is 5.91. The van der Waals surface area contributed by atoms with Gasteiger partial charge in [0.05, 0.1) is 6.61 Å². The van der Waals surface area contributed by atoms with Crippen LogP contribution in [0.15, 0.2) is 18.2 Å². The Morgan fingerprint density at radius 2 is 2.31 bits per heavy atom. The number of benzene rings is 1. The molecule has 0 aliphatic carbocycles. The van der Waals surface area contributed by atoms with E-state index in [9.17, 15) is 0 Å². The zero-order valence-corrected chi connectivity index (χ0v) is 10.1. The van der Waals surface area contributed by atoms with Crippen molar-refractivity contribution < 1.29 is 4.74 Å². The van der Waals surface area contributed by atoms with Crippen molar-refractivity contribution in [2.45, 2.75) is 25.8 Å². The van der Waals surface area contributed by atoms with E-state index in [1.807, 2.05) is 0 Å². The molecular formula is C13H20N2O. The third kappa shape index (κ3) is 2.14. The quantitative estimate of drug-likeness (QED) is 0.844. The van der Waals surface area contributed by atoms with E-state index >= 15 is 0 Å². The van der Waals surface area contributed by atoms with Gasteiger partial charge in [-0.15, -0.1) is 0 Å². The van der Waals surface area contributed by atoms with Crippen molar-refractivity contribution in [2.75, 3.05) is 25.1 Å². The van der Waals surface area contributed by atoms with Crippen LogP contribution in [0.5, 0.6) is 5.75 Å². The van der Waals surface area contributed by atoms with Crippen molar-refractivity contribution in [2.24, 2.45) is 5.73 Å². The summed E-state index contributed by atoms with van der Waals surface area (Å²) < 4.78 is 5.60. The highest BCUT2D eigenvalue weighted by Gasteiger charge is 2.13. The van der Waals surface area contributed by atoms with E-state index in [2.05, 4.69) is 37.1 Å². The number of nitrogens with two attached hydrogens (primary N) is 1. The summed E-state index contributed by atoms with van der Waals surface area (Å²) in [6.45, 7) is 3.65. The van der Waals surface area contributed by atoms with Crippen molar-refractivity contribution in [3.8, 4) is 5.75 Å². The molecule has 88 valence electrons. The first-order valence-corrected chi connectivity index (χ1v) is 5.91. The molecule has 0 bridgehead atoms. The van der Waals surface area contributed by atoms with Gasteiger partial charge >= 0.3 is 0 Å². The van der Waals surface area contributed by atoms with Gasteiger partial charge < -0.3 is 15.4 Å². The maximum atomic E-state index is 5.68. The minimum atomic E-state index is 0.363. The fourth-order valence-electron chi connectivity index (χ4n) is 1.98. The normalized spacial score (nSPS) is 16.2. The molecule has 1 aliphatic heterocycles. The Bertz CT molecular complexity index is 365. The van der Waals surface area contributed by atoms with Crippen LogP contribution in [0.2, 0.25) is 0 Å². The number of rotatable bonds is 3. The molecule has 3 heteroatoms. The molecule has 1 aromatic carbocycles. The van der Waals surface area contributed by atoms with E-state index in [1.165, 1.54) is 11.3 Å². The highest BCUT2D eigenvalue weighted by atomic mass is 16.5. The summed E-state index contributed by atoms with van der Waals surface area (Å²) in [4.78, 5) is 2.22. The van der Waals surface area contributed by atoms with E-state index in [-0.39, 0.29) is 0 Å². The third-order valence-electron chi connectivity index (χ3n) is 3.30. The zero-order valence-electron chi connectivity index (χ0n) is 10.1. The molecule has 0 spiro atoms. The monoisotopic (exact) mass is 220 g/mol. The Hall–Kier alpha value is -1.22. The fourth-order valence-corrected chi connectivity index (χ4v) is 1.98. The van der Waals surface area contributed by atoms with Crippen molar-refractivity contribution in [3.05, 3.63) is 23.8 Å². The molecule has 2 N–H and O–H groups in total. The van der Waals surface area contributed by atoms with Crippen molar-refractivity contribution in [3.63, 3.8) is 0 Å². The average Bonchev–Trinajstić information content (AvgIpc) is 2.36. The van der Waals surface area contributed by atoms with Gasteiger partial charge in [0.15, 0.2) is 0 Å². The summed E-state index contributed by atoms with van der Waals surface area (Å²) in [5.41, 5.74) is 8.23. The SMILES string of the molecule is CC(CN)N(C)c1ccc2c(c1)CCCO2. The van der Waals surface area contributed by atoms with Gasteiger partial charge in [-0.2, -0.15) is 0 Å². The molecule has 1 heterocycles. The van der Waals surface area contributed by atoms with Crippen molar-refractivity contribution in [1.29, 1.82) is 0 Å². The molecule has 0 saturated heterocycles. The van der Waals surface area contributed by atoms with Crippen molar-refractivity contribution in [1.82, 2.24) is 0 Å². The Morgan fingerprint density at radius 1 is 1.50 bits per heavy atom.